The molecule has 4 rings (SSSR count). The molecule has 0 fully saturated rings. The van der Waals surface area contributed by atoms with Crippen LogP contribution in [0.3, 0.4) is 0 Å². The first kappa shape index (κ1) is 17.8. The number of aromatic nitrogens is 1. The van der Waals surface area contributed by atoms with Crippen LogP contribution >= 0.6 is 0 Å². The number of nitrogens with one attached hydrogen (secondary N) is 1. The first-order chi connectivity index (χ1) is 13.5. The number of rotatable bonds is 3. The normalized spacial score (nSPS) is 15.6. The highest BCUT2D eigenvalue weighted by Crippen LogP contribution is 2.38. The Hall–Kier alpha value is -3.61. The topological polar surface area (TPSA) is 98.6 Å². The summed E-state index contributed by atoms with van der Waals surface area (Å²) in [6.45, 7) is 1.72. The standard InChI is InChI=1S/C21H17NO6/c1-11-9-17-19(20(24)22-11)14(10-18(23)28-17)16-8-7-15(27-16)12-3-5-13(6-4-12)21(25)26-2/h3-9,14H,10H2,1-2H3,(H,22,24)/t14-/m1/s1. The van der Waals surface area contributed by atoms with Crippen molar-refractivity contribution in [2.45, 2.75) is 19.3 Å². The van der Waals surface area contributed by atoms with Crippen molar-refractivity contribution in [2.24, 2.45) is 0 Å². The molecule has 1 atom stereocenters. The molecule has 0 unspecified atom stereocenters. The molecule has 0 amide bonds. The summed E-state index contributed by atoms with van der Waals surface area (Å²) < 4.78 is 15.9. The molecular formula is C21H17NO6. The van der Waals surface area contributed by atoms with Gasteiger partial charge in [0.05, 0.1) is 30.6 Å². The van der Waals surface area contributed by atoms with Crippen LogP contribution in [0.1, 0.15) is 39.7 Å². The molecule has 1 N–H and O–H groups in total. The van der Waals surface area contributed by atoms with Gasteiger partial charge < -0.3 is 18.9 Å². The monoisotopic (exact) mass is 379 g/mol. The third-order valence-electron chi connectivity index (χ3n) is 4.67. The van der Waals surface area contributed by atoms with Gasteiger partial charge in [-0.25, -0.2) is 4.79 Å². The van der Waals surface area contributed by atoms with Crippen LogP contribution in [0.25, 0.3) is 11.3 Å². The van der Waals surface area contributed by atoms with Gasteiger partial charge in [-0.2, -0.15) is 0 Å². The number of carbonyl (C=O) groups excluding carboxylic acids is 2. The Bertz CT molecular complexity index is 1120. The number of benzene rings is 1. The molecule has 2 aromatic heterocycles. The van der Waals surface area contributed by atoms with Gasteiger partial charge in [-0.05, 0) is 31.2 Å². The number of carbonyl (C=O) groups is 2. The summed E-state index contributed by atoms with van der Waals surface area (Å²) in [6.07, 6.45) is 0.0212. The van der Waals surface area contributed by atoms with Crippen LogP contribution in [0.4, 0.5) is 0 Å². The number of fused-ring (bicyclic) bond motifs is 1. The number of ether oxygens (including phenoxy) is 2. The zero-order valence-corrected chi connectivity index (χ0v) is 15.3. The van der Waals surface area contributed by atoms with Gasteiger partial charge in [0.15, 0.2) is 0 Å². The van der Waals surface area contributed by atoms with Crippen molar-refractivity contribution in [3.8, 4) is 17.1 Å². The molecule has 1 aliphatic heterocycles. The van der Waals surface area contributed by atoms with Gasteiger partial charge in [0.25, 0.3) is 5.56 Å². The highest BCUT2D eigenvalue weighted by molar-refractivity contribution is 5.89. The maximum absolute atomic E-state index is 12.4. The summed E-state index contributed by atoms with van der Waals surface area (Å²) in [7, 11) is 1.32. The van der Waals surface area contributed by atoms with E-state index in [0.29, 0.717) is 28.3 Å². The third-order valence-corrected chi connectivity index (χ3v) is 4.67. The molecule has 1 aliphatic rings. The van der Waals surface area contributed by atoms with Gasteiger partial charge in [-0.15, -0.1) is 0 Å². The number of hydrogen-bond acceptors (Lipinski definition) is 6. The molecule has 0 radical (unpaired) electrons. The SMILES string of the molecule is COC(=O)c1ccc(-c2ccc([C@H]3CC(=O)Oc4cc(C)[nH]c(=O)c43)o2)cc1. The quantitative estimate of drug-likeness (QED) is 0.702. The van der Waals surface area contributed by atoms with Gasteiger partial charge in [0.2, 0.25) is 0 Å². The number of methoxy groups -OCH3 is 1. The molecule has 0 bridgehead atoms. The minimum Gasteiger partial charge on any atom is -0.465 e. The maximum atomic E-state index is 12.4. The van der Waals surface area contributed by atoms with Crippen LogP contribution < -0.4 is 10.3 Å². The van der Waals surface area contributed by atoms with Crippen LogP contribution in [0.5, 0.6) is 5.75 Å². The van der Waals surface area contributed by atoms with Crippen molar-refractivity contribution in [1.29, 1.82) is 0 Å². The van der Waals surface area contributed by atoms with E-state index in [1.165, 1.54) is 7.11 Å². The lowest BCUT2D eigenvalue weighted by Gasteiger charge is -2.22. The number of pyridine rings is 1. The van der Waals surface area contributed by atoms with Crippen molar-refractivity contribution in [3.05, 3.63) is 75.4 Å². The van der Waals surface area contributed by atoms with Crippen LogP contribution in [-0.2, 0) is 9.53 Å². The van der Waals surface area contributed by atoms with Crippen molar-refractivity contribution >= 4 is 11.9 Å². The largest absolute Gasteiger partial charge is 0.465 e. The van der Waals surface area contributed by atoms with Crippen LogP contribution in [0.15, 0.2) is 51.7 Å². The van der Waals surface area contributed by atoms with E-state index in [1.807, 2.05) is 0 Å². The molecule has 0 saturated heterocycles. The zero-order chi connectivity index (χ0) is 19.8. The molecule has 1 aromatic carbocycles. The van der Waals surface area contributed by atoms with Gasteiger partial charge in [-0.3, -0.25) is 9.59 Å². The molecule has 3 aromatic rings. The maximum Gasteiger partial charge on any atom is 0.337 e. The van der Waals surface area contributed by atoms with E-state index in [9.17, 15) is 14.4 Å². The minimum absolute atomic E-state index is 0.0212. The smallest absolute Gasteiger partial charge is 0.337 e. The Morgan fingerprint density at radius 3 is 2.61 bits per heavy atom. The second-order valence-electron chi connectivity index (χ2n) is 6.56. The molecule has 7 heteroatoms. The lowest BCUT2D eigenvalue weighted by Crippen LogP contribution is -2.28. The van der Waals surface area contributed by atoms with E-state index in [2.05, 4.69) is 9.72 Å². The van der Waals surface area contributed by atoms with E-state index in [0.717, 1.165) is 5.56 Å². The number of H-pyrrole nitrogens is 1. The Balaban J connectivity index is 1.70. The lowest BCUT2D eigenvalue weighted by molar-refractivity contribution is -0.135. The zero-order valence-electron chi connectivity index (χ0n) is 15.3. The fraction of sp³-hybridized carbons (Fsp3) is 0.190. The Kier molecular flexibility index (Phi) is 4.35. The van der Waals surface area contributed by atoms with Gasteiger partial charge in [0.1, 0.15) is 17.3 Å². The minimum atomic E-state index is -0.524. The Morgan fingerprint density at radius 1 is 1.14 bits per heavy atom. The Morgan fingerprint density at radius 2 is 1.89 bits per heavy atom. The van der Waals surface area contributed by atoms with Crippen molar-refractivity contribution in [2.75, 3.05) is 7.11 Å². The summed E-state index contributed by atoms with van der Waals surface area (Å²) >= 11 is 0. The lowest BCUT2D eigenvalue weighted by atomic mass is 9.91. The van der Waals surface area contributed by atoms with Crippen molar-refractivity contribution < 1.29 is 23.5 Å². The summed E-state index contributed by atoms with van der Waals surface area (Å²) in [5.41, 5.74) is 1.89. The molecule has 0 spiro atoms. The van der Waals surface area contributed by atoms with Crippen molar-refractivity contribution in [3.63, 3.8) is 0 Å². The van der Waals surface area contributed by atoms with Crippen LogP contribution in [-0.4, -0.2) is 24.0 Å². The molecule has 0 saturated carbocycles. The predicted molar refractivity (Wildman–Crippen MR) is 99.4 cm³/mol. The number of furan rings is 1. The van der Waals surface area contributed by atoms with Crippen LogP contribution in [0.2, 0.25) is 0 Å². The van der Waals surface area contributed by atoms with E-state index in [-0.39, 0.29) is 17.7 Å². The fourth-order valence-electron chi connectivity index (χ4n) is 3.34. The average molecular weight is 379 g/mol. The van der Waals surface area contributed by atoms with E-state index >= 15 is 0 Å². The summed E-state index contributed by atoms with van der Waals surface area (Å²) in [5.74, 6) is -0.0253. The predicted octanol–water partition coefficient (Wildman–Crippen LogP) is 3.17. The molecule has 3 heterocycles. The molecular weight excluding hydrogens is 362 g/mol. The second kappa shape index (κ2) is 6.84. The third kappa shape index (κ3) is 3.11. The number of esters is 2. The van der Waals surface area contributed by atoms with Crippen molar-refractivity contribution in [1.82, 2.24) is 4.98 Å². The molecule has 0 aliphatic carbocycles. The van der Waals surface area contributed by atoms with E-state index in [4.69, 9.17) is 9.15 Å². The second-order valence-corrected chi connectivity index (χ2v) is 6.56. The first-order valence-corrected chi connectivity index (χ1v) is 8.69. The molecule has 7 nitrogen and oxygen atoms in total. The highest BCUT2D eigenvalue weighted by Gasteiger charge is 2.33. The molecule has 28 heavy (non-hydrogen) atoms. The average Bonchev–Trinajstić information content (AvgIpc) is 3.16. The van der Waals surface area contributed by atoms with Gasteiger partial charge in [-0.1, -0.05) is 12.1 Å². The van der Waals surface area contributed by atoms with Crippen LogP contribution in [0, 0.1) is 6.92 Å². The number of aromatic amines is 1. The highest BCUT2D eigenvalue weighted by atomic mass is 16.5. The summed E-state index contributed by atoms with van der Waals surface area (Å²) in [6, 6.07) is 11.9. The summed E-state index contributed by atoms with van der Waals surface area (Å²) in [4.78, 5) is 38.8. The Labute approximate surface area is 159 Å². The summed E-state index contributed by atoms with van der Waals surface area (Å²) in [5, 5.41) is 0. The first-order valence-electron chi connectivity index (χ1n) is 8.69. The van der Waals surface area contributed by atoms with E-state index in [1.54, 1.807) is 49.4 Å². The van der Waals surface area contributed by atoms with Gasteiger partial charge >= 0.3 is 11.9 Å². The molecule has 142 valence electrons. The number of hydrogen-bond donors (Lipinski definition) is 1. The van der Waals surface area contributed by atoms with E-state index < -0.39 is 17.9 Å². The number of aryl methyl sites for hydroxylation is 1. The fourth-order valence-corrected chi connectivity index (χ4v) is 3.34. The van der Waals surface area contributed by atoms with Gasteiger partial charge in [0, 0.05) is 17.3 Å².